The van der Waals surface area contributed by atoms with Crippen LogP contribution >= 0.6 is 0 Å². The van der Waals surface area contributed by atoms with Crippen LogP contribution in [0.5, 0.6) is 5.75 Å². The minimum atomic E-state index is -4.58. The molecule has 5 rings (SSSR count). The smallest absolute Gasteiger partial charge is 0.410 e. The van der Waals surface area contributed by atoms with Gasteiger partial charge in [0.15, 0.2) is 11.7 Å². The van der Waals surface area contributed by atoms with Crippen molar-refractivity contribution in [1.29, 1.82) is 0 Å². The third kappa shape index (κ3) is 5.30. The van der Waals surface area contributed by atoms with Crippen molar-refractivity contribution in [1.82, 2.24) is 24.5 Å². The highest BCUT2D eigenvalue weighted by Gasteiger charge is 2.47. The van der Waals surface area contributed by atoms with E-state index in [-0.39, 0.29) is 30.4 Å². The van der Waals surface area contributed by atoms with E-state index in [0.717, 1.165) is 30.6 Å². The number of carbonyl (C=O) groups excluding carboxylic acids is 2. The van der Waals surface area contributed by atoms with Crippen LogP contribution in [0.2, 0.25) is 0 Å². The van der Waals surface area contributed by atoms with Crippen molar-refractivity contribution in [2.24, 2.45) is 0 Å². The predicted molar refractivity (Wildman–Crippen MR) is 137 cm³/mol. The van der Waals surface area contributed by atoms with Crippen molar-refractivity contribution in [2.75, 3.05) is 30.8 Å². The number of aryl methyl sites for hydroxylation is 1. The number of amides is 2. The third-order valence-corrected chi connectivity index (χ3v) is 7.28. The SMILES string of the molecule is COc1cccc([C@H]2C[C@@H](C(F)(F)F)n3nc(C(=O)Nc4c(C)nn(CC(=O)N5CCCC5)c4C)cc3N2)c1. The zero-order chi connectivity index (χ0) is 27.9. The number of halogens is 3. The Bertz CT molecular complexity index is 1390. The molecule has 3 aromatic rings. The Morgan fingerprint density at radius 1 is 1.15 bits per heavy atom. The quantitative estimate of drug-likeness (QED) is 0.480. The van der Waals surface area contributed by atoms with Crippen molar-refractivity contribution in [3.05, 3.63) is 53.0 Å². The van der Waals surface area contributed by atoms with Gasteiger partial charge >= 0.3 is 6.18 Å². The summed E-state index contributed by atoms with van der Waals surface area (Å²) in [6.45, 7) is 4.91. The lowest BCUT2D eigenvalue weighted by Crippen LogP contribution is -2.35. The molecular weight excluding hydrogens is 515 g/mol. The number of nitrogens with zero attached hydrogens (tertiary/aromatic N) is 5. The van der Waals surface area contributed by atoms with Gasteiger partial charge in [0, 0.05) is 25.6 Å². The number of carbonyl (C=O) groups is 2. The average Bonchev–Trinajstić information content (AvgIpc) is 3.64. The summed E-state index contributed by atoms with van der Waals surface area (Å²) in [7, 11) is 1.49. The van der Waals surface area contributed by atoms with E-state index in [1.165, 1.54) is 17.9 Å². The van der Waals surface area contributed by atoms with Crippen LogP contribution in [-0.4, -0.2) is 62.7 Å². The molecule has 2 aromatic heterocycles. The van der Waals surface area contributed by atoms with Gasteiger partial charge in [-0.25, -0.2) is 4.68 Å². The van der Waals surface area contributed by atoms with Crippen LogP contribution in [0, 0.1) is 13.8 Å². The molecule has 13 heteroatoms. The van der Waals surface area contributed by atoms with E-state index < -0.39 is 24.2 Å². The number of methoxy groups -OCH3 is 1. The average molecular weight is 546 g/mol. The van der Waals surface area contributed by atoms with Gasteiger partial charge in [0.1, 0.15) is 18.1 Å². The molecule has 0 saturated carbocycles. The molecule has 1 aromatic carbocycles. The largest absolute Gasteiger partial charge is 0.497 e. The van der Waals surface area contributed by atoms with Crippen LogP contribution in [-0.2, 0) is 11.3 Å². The number of anilines is 2. The Morgan fingerprint density at radius 2 is 1.90 bits per heavy atom. The maximum Gasteiger partial charge on any atom is 0.410 e. The van der Waals surface area contributed by atoms with Crippen LogP contribution < -0.4 is 15.4 Å². The molecule has 2 amide bonds. The first kappa shape index (κ1) is 26.6. The molecule has 0 aliphatic carbocycles. The van der Waals surface area contributed by atoms with E-state index in [4.69, 9.17) is 4.74 Å². The standard InChI is InChI=1S/C26H30F3N7O3/c1-15-24(16(2)35(32-15)14-23(37)34-9-4-5-10-34)31-25(38)20-13-22-30-19(17-7-6-8-18(11-17)39-3)12-21(26(27,28)29)36(22)33-20/h6-8,11,13,19,21,30H,4-5,9-10,12,14H2,1-3H3,(H,31,38)/t19-,21+/m1/s1. The van der Waals surface area contributed by atoms with Crippen LogP contribution in [0.25, 0.3) is 0 Å². The molecule has 2 N–H and O–H groups in total. The first-order valence-electron chi connectivity index (χ1n) is 12.7. The lowest BCUT2D eigenvalue weighted by atomic mass is 9.97. The fourth-order valence-electron chi connectivity index (χ4n) is 5.17. The minimum absolute atomic E-state index is 0.0458. The van der Waals surface area contributed by atoms with Crippen LogP contribution in [0.4, 0.5) is 24.7 Å². The molecule has 0 bridgehead atoms. The van der Waals surface area contributed by atoms with Crippen LogP contribution in [0.15, 0.2) is 30.3 Å². The molecule has 0 radical (unpaired) electrons. The number of benzene rings is 1. The van der Waals surface area contributed by atoms with Gasteiger partial charge in [-0.05, 0) is 44.4 Å². The second-order valence-electron chi connectivity index (χ2n) is 9.87. The third-order valence-electron chi connectivity index (χ3n) is 7.28. The zero-order valence-corrected chi connectivity index (χ0v) is 21.9. The topological polar surface area (TPSA) is 106 Å². The molecule has 208 valence electrons. The molecule has 0 spiro atoms. The Hall–Kier alpha value is -4.03. The summed E-state index contributed by atoms with van der Waals surface area (Å²) >= 11 is 0. The highest BCUT2D eigenvalue weighted by Crippen LogP contribution is 2.44. The predicted octanol–water partition coefficient (Wildman–Crippen LogP) is 4.24. The summed E-state index contributed by atoms with van der Waals surface area (Å²) in [6, 6.07) is 5.57. The molecule has 4 heterocycles. The Labute approximate surface area is 223 Å². The second kappa shape index (κ2) is 10.3. The lowest BCUT2D eigenvalue weighted by Gasteiger charge is -2.33. The zero-order valence-electron chi connectivity index (χ0n) is 21.9. The van der Waals surface area contributed by atoms with Gasteiger partial charge in [0.2, 0.25) is 5.91 Å². The van der Waals surface area contributed by atoms with Gasteiger partial charge in [-0.3, -0.25) is 14.3 Å². The van der Waals surface area contributed by atoms with Crippen molar-refractivity contribution >= 4 is 23.3 Å². The maximum atomic E-state index is 14.1. The van der Waals surface area contributed by atoms with Crippen LogP contribution in [0.1, 0.15) is 58.8 Å². The van der Waals surface area contributed by atoms with Crippen molar-refractivity contribution in [3.8, 4) is 5.75 Å². The summed E-state index contributed by atoms with van der Waals surface area (Å²) < 4.78 is 49.8. The van der Waals surface area contributed by atoms with Gasteiger partial charge in [0.05, 0.1) is 30.2 Å². The monoisotopic (exact) mass is 545 g/mol. The highest BCUT2D eigenvalue weighted by molar-refractivity contribution is 6.04. The molecular formula is C26H30F3N7O3. The van der Waals surface area contributed by atoms with E-state index >= 15 is 0 Å². The van der Waals surface area contributed by atoms with E-state index in [1.54, 1.807) is 43.0 Å². The lowest BCUT2D eigenvalue weighted by molar-refractivity contribution is -0.173. The number of hydrogen-bond donors (Lipinski definition) is 2. The van der Waals surface area contributed by atoms with Gasteiger partial charge in [-0.15, -0.1) is 0 Å². The Balaban J connectivity index is 1.37. The maximum absolute atomic E-state index is 14.1. The molecule has 2 aliphatic heterocycles. The van der Waals surface area contributed by atoms with Crippen molar-refractivity contribution < 1.29 is 27.5 Å². The molecule has 39 heavy (non-hydrogen) atoms. The fraction of sp³-hybridized carbons (Fsp3) is 0.462. The first-order chi connectivity index (χ1) is 18.5. The molecule has 1 saturated heterocycles. The summed E-state index contributed by atoms with van der Waals surface area (Å²) in [6.07, 6.45) is -2.93. The molecule has 2 atom stereocenters. The Morgan fingerprint density at radius 3 is 2.59 bits per heavy atom. The molecule has 2 aliphatic rings. The summed E-state index contributed by atoms with van der Waals surface area (Å²) in [5.41, 5.74) is 1.92. The molecule has 0 unspecified atom stereocenters. The fourth-order valence-corrected chi connectivity index (χ4v) is 5.17. The first-order valence-corrected chi connectivity index (χ1v) is 12.7. The number of fused-ring (bicyclic) bond motifs is 1. The van der Waals surface area contributed by atoms with Crippen molar-refractivity contribution in [2.45, 2.75) is 57.9 Å². The van der Waals surface area contributed by atoms with Gasteiger partial charge < -0.3 is 20.3 Å². The molecule has 10 nitrogen and oxygen atoms in total. The number of nitrogens with one attached hydrogen (secondary N) is 2. The van der Waals surface area contributed by atoms with Gasteiger partial charge in [-0.2, -0.15) is 23.4 Å². The summed E-state index contributed by atoms with van der Waals surface area (Å²) in [5.74, 6) is -0.103. The van der Waals surface area contributed by atoms with E-state index in [1.807, 2.05) is 0 Å². The number of alkyl halides is 3. The van der Waals surface area contributed by atoms with Gasteiger partial charge in [-0.1, -0.05) is 12.1 Å². The van der Waals surface area contributed by atoms with Crippen LogP contribution in [0.3, 0.4) is 0 Å². The van der Waals surface area contributed by atoms with Crippen molar-refractivity contribution in [3.63, 3.8) is 0 Å². The normalized spacial score (nSPS) is 19.0. The summed E-state index contributed by atoms with van der Waals surface area (Å²) in [4.78, 5) is 27.5. The number of rotatable bonds is 6. The molecule has 1 fully saturated rings. The number of ether oxygens (including phenoxy) is 1. The van der Waals surface area contributed by atoms with E-state index in [2.05, 4.69) is 20.8 Å². The highest BCUT2D eigenvalue weighted by atomic mass is 19.4. The minimum Gasteiger partial charge on any atom is -0.497 e. The Kier molecular flexibility index (Phi) is 7.00. The van der Waals surface area contributed by atoms with E-state index in [0.29, 0.717) is 28.4 Å². The van der Waals surface area contributed by atoms with E-state index in [9.17, 15) is 22.8 Å². The second-order valence-corrected chi connectivity index (χ2v) is 9.87. The number of likely N-dealkylation sites (tertiary alicyclic amines) is 1. The number of hydrogen-bond acceptors (Lipinski definition) is 6. The summed E-state index contributed by atoms with van der Waals surface area (Å²) in [5, 5.41) is 14.2. The van der Waals surface area contributed by atoms with Gasteiger partial charge in [0.25, 0.3) is 5.91 Å². The number of aromatic nitrogens is 4.